The molecular formula is C23H33N3O2. The van der Waals surface area contributed by atoms with Gasteiger partial charge in [0.25, 0.3) is 0 Å². The second-order valence-corrected chi connectivity index (χ2v) is 7.82. The minimum absolute atomic E-state index is 0.337. The second-order valence-electron chi connectivity index (χ2n) is 7.82. The summed E-state index contributed by atoms with van der Waals surface area (Å²) in [6.07, 6.45) is 6.47. The largest absolute Gasteiger partial charge is 0.491 e. The van der Waals surface area contributed by atoms with Gasteiger partial charge in [0.15, 0.2) is 0 Å². The predicted octanol–water partition coefficient (Wildman–Crippen LogP) is 3.33. The summed E-state index contributed by atoms with van der Waals surface area (Å²) in [5, 5.41) is 10.4. The van der Waals surface area contributed by atoms with Gasteiger partial charge in [0.2, 0.25) is 0 Å². The van der Waals surface area contributed by atoms with Crippen LogP contribution in [0.2, 0.25) is 0 Å². The maximum Gasteiger partial charge on any atom is 0.119 e. The number of aromatic nitrogens is 1. The van der Waals surface area contributed by atoms with Gasteiger partial charge >= 0.3 is 0 Å². The molecule has 1 fully saturated rings. The molecule has 0 amide bonds. The van der Waals surface area contributed by atoms with Crippen LogP contribution >= 0.6 is 0 Å². The average molecular weight is 384 g/mol. The lowest BCUT2D eigenvalue weighted by Gasteiger charge is -2.23. The van der Waals surface area contributed by atoms with Crippen molar-refractivity contribution >= 4 is 0 Å². The molecule has 0 bridgehead atoms. The van der Waals surface area contributed by atoms with E-state index in [4.69, 9.17) is 4.74 Å². The van der Waals surface area contributed by atoms with E-state index in [0.29, 0.717) is 13.2 Å². The van der Waals surface area contributed by atoms with Crippen molar-refractivity contribution < 1.29 is 9.84 Å². The second kappa shape index (κ2) is 11.1. The van der Waals surface area contributed by atoms with E-state index in [-0.39, 0.29) is 0 Å². The highest BCUT2D eigenvalue weighted by Gasteiger charge is 2.14. The first-order chi connectivity index (χ1) is 13.7. The SMILES string of the molecule is CN(Cc1cccc(OCC(O)CN2CCCCCC2)c1)Cc1ccccn1. The highest BCUT2D eigenvalue weighted by Crippen LogP contribution is 2.16. The fraction of sp³-hybridized carbons (Fsp3) is 0.522. The lowest BCUT2D eigenvalue weighted by molar-refractivity contribution is 0.0693. The molecule has 1 aliphatic rings. The van der Waals surface area contributed by atoms with Crippen molar-refractivity contribution in [2.45, 2.75) is 44.9 Å². The van der Waals surface area contributed by atoms with Gasteiger partial charge in [-0.05, 0) is 62.8 Å². The molecule has 0 radical (unpaired) electrons. The topological polar surface area (TPSA) is 48.8 Å². The van der Waals surface area contributed by atoms with Crippen LogP contribution in [0.3, 0.4) is 0 Å². The number of pyridine rings is 1. The zero-order valence-electron chi connectivity index (χ0n) is 17.0. The first kappa shape index (κ1) is 20.8. The number of benzene rings is 1. The van der Waals surface area contributed by atoms with E-state index in [2.05, 4.69) is 34.0 Å². The summed E-state index contributed by atoms with van der Waals surface area (Å²) in [5.74, 6) is 0.818. The van der Waals surface area contributed by atoms with Crippen molar-refractivity contribution in [2.75, 3.05) is 33.3 Å². The normalized spacial score (nSPS) is 16.7. The molecule has 28 heavy (non-hydrogen) atoms. The van der Waals surface area contributed by atoms with Crippen LogP contribution in [0.15, 0.2) is 48.7 Å². The number of β-amino-alcohol motifs (C(OH)–C–C–N with tert-alkyl or cyclic N) is 1. The van der Waals surface area contributed by atoms with Gasteiger partial charge < -0.3 is 14.7 Å². The van der Waals surface area contributed by atoms with Gasteiger partial charge in [-0.25, -0.2) is 0 Å². The fourth-order valence-electron chi connectivity index (χ4n) is 3.73. The van der Waals surface area contributed by atoms with E-state index in [0.717, 1.165) is 37.6 Å². The summed E-state index contributed by atoms with van der Waals surface area (Å²) < 4.78 is 5.87. The van der Waals surface area contributed by atoms with E-state index >= 15 is 0 Å². The monoisotopic (exact) mass is 383 g/mol. The Labute approximate surface area is 169 Å². The molecule has 5 nitrogen and oxygen atoms in total. The van der Waals surface area contributed by atoms with E-state index < -0.39 is 6.10 Å². The molecular weight excluding hydrogens is 350 g/mol. The summed E-state index contributed by atoms with van der Waals surface area (Å²) in [7, 11) is 2.09. The van der Waals surface area contributed by atoms with Crippen LogP contribution in [-0.2, 0) is 13.1 Å². The molecule has 1 N–H and O–H groups in total. The maximum atomic E-state index is 10.4. The Morgan fingerprint density at radius 3 is 2.64 bits per heavy atom. The maximum absolute atomic E-state index is 10.4. The third kappa shape index (κ3) is 7.23. The molecule has 1 saturated heterocycles. The van der Waals surface area contributed by atoms with Crippen LogP contribution in [0.1, 0.15) is 36.9 Å². The summed E-state index contributed by atoms with van der Waals surface area (Å²) in [5.41, 5.74) is 2.26. The third-order valence-electron chi connectivity index (χ3n) is 5.12. The number of likely N-dealkylation sites (tertiary alicyclic amines) is 1. The number of aliphatic hydroxyl groups excluding tert-OH is 1. The fourth-order valence-corrected chi connectivity index (χ4v) is 3.73. The smallest absolute Gasteiger partial charge is 0.119 e. The van der Waals surface area contributed by atoms with E-state index in [9.17, 15) is 5.11 Å². The van der Waals surface area contributed by atoms with Crippen molar-refractivity contribution in [2.24, 2.45) is 0 Å². The van der Waals surface area contributed by atoms with Crippen molar-refractivity contribution in [3.8, 4) is 5.75 Å². The highest BCUT2D eigenvalue weighted by molar-refractivity contribution is 5.28. The summed E-state index contributed by atoms with van der Waals surface area (Å²) in [6, 6.07) is 14.1. The first-order valence-corrected chi connectivity index (χ1v) is 10.4. The van der Waals surface area contributed by atoms with Gasteiger partial charge in [-0.2, -0.15) is 0 Å². The predicted molar refractivity (Wildman–Crippen MR) is 112 cm³/mol. The molecule has 1 unspecified atom stereocenters. The number of aliphatic hydroxyl groups is 1. The zero-order chi connectivity index (χ0) is 19.6. The molecule has 1 aliphatic heterocycles. The molecule has 5 heteroatoms. The van der Waals surface area contributed by atoms with Gasteiger partial charge in [-0.1, -0.05) is 31.0 Å². The van der Waals surface area contributed by atoms with Crippen LogP contribution in [0.25, 0.3) is 0 Å². The number of hydrogen-bond acceptors (Lipinski definition) is 5. The quantitative estimate of drug-likeness (QED) is 0.720. The van der Waals surface area contributed by atoms with Crippen LogP contribution < -0.4 is 4.74 Å². The Kier molecular flexibility index (Phi) is 8.27. The Hall–Kier alpha value is -1.95. The molecule has 2 aromatic rings. The molecule has 0 aliphatic carbocycles. The number of nitrogens with zero attached hydrogens (tertiary/aromatic N) is 3. The van der Waals surface area contributed by atoms with Gasteiger partial charge in [0.1, 0.15) is 18.5 Å². The van der Waals surface area contributed by atoms with Crippen molar-refractivity contribution in [3.63, 3.8) is 0 Å². The Bertz CT molecular complexity index is 687. The lowest BCUT2D eigenvalue weighted by atomic mass is 10.2. The summed E-state index contributed by atoms with van der Waals surface area (Å²) >= 11 is 0. The number of hydrogen-bond donors (Lipinski definition) is 1. The van der Waals surface area contributed by atoms with E-state index in [1.165, 1.54) is 31.2 Å². The molecule has 152 valence electrons. The van der Waals surface area contributed by atoms with Crippen molar-refractivity contribution in [1.82, 2.24) is 14.8 Å². The minimum atomic E-state index is -0.450. The molecule has 1 aromatic heterocycles. The van der Waals surface area contributed by atoms with Crippen molar-refractivity contribution in [3.05, 3.63) is 59.9 Å². The van der Waals surface area contributed by atoms with Gasteiger partial charge in [0, 0.05) is 25.8 Å². The highest BCUT2D eigenvalue weighted by atomic mass is 16.5. The van der Waals surface area contributed by atoms with Gasteiger partial charge in [-0.15, -0.1) is 0 Å². The molecule has 1 atom stereocenters. The van der Waals surface area contributed by atoms with Gasteiger partial charge in [0.05, 0.1) is 5.69 Å². The van der Waals surface area contributed by atoms with Crippen molar-refractivity contribution in [1.29, 1.82) is 0 Å². The third-order valence-corrected chi connectivity index (χ3v) is 5.12. The van der Waals surface area contributed by atoms with Gasteiger partial charge in [-0.3, -0.25) is 9.88 Å². The molecule has 0 saturated carbocycles. The zero-order valence-corrected chi connectivity index (χ0v) is 17.0. The summed E-state index contributed by atoms with van der Waals surface area (Å²) in [6.45, 7) is 4.85. The van der Waals surface area contributed by atoms with E-state index in [1.807, 2.05) is 36.5 Å². The Morgan fingerprint density at radius 1 is 1.07 bits per heavy atom. The van der Waals surface area contributed by atoms with Crippen LogP contribution in [0.5, 0.6) is 5.75 Å². The average Bonchev–Trinajstić information content (AvgIpc) is 2.96. The molecule has 3 rings (SSSR count). The Morgan fingerprint density at radius 2 is 1.89 bits per heavy atom. The molecule has 0 spiro atoms. The minimum Gasteiger partial charge on any atom is -0.491 e. The number of rotatable bonds is 9. The molecule has 2 heterocycles. The number of ether oxygens (including phenoxy) is 1. The lowest BCUT2D eigenvalue weighted by Crippen LogP contribution is -2.36. The van der Waals surface area contributed by atoms with Crippen LogP contribution in [0, 0.1) is 0 Å². The van der Waals surface area contributed by atoms with E-state index in [1.54, 1.807) is 0 Å². The molecule has 1 aromatic carbocycles. The van der Waals surface area contributed by atoms with Crippen LogP contribution in [0.4, 0.5) is 0 Å². The van der Waals surface area contributed by atoms with Crippen LogP contribution in [-0.4, -0.2) is 59.3 Å². The standard InChI is InChI=1S/C23H33N3O2/c1-25(17-21-10-4-5-12-24-21)16-20-9-8-11-23(15-20)28-19-22(27)18-26-13-6-2-3-7-14-26/h4-5,8-12,15,22,27H,2-3,6-7,13-14,16-19H2,1H3. The first-order valence-electron chi connectivity index (χ1n) is 10.4. The Balaban J connectivity index is 1.44. The summed E-state index contributed by atoms with van der Waals surface area (Å²) in [4.78, 5) is 8.98.